The van der Waals surface area contributed by atoms with E-state index in [0.717, 1.165) is 0 Å². The summed E-state index contributed by atoms with van der Waals surface area (Å²) in [6, 6.07) is 0. The number of nitrogens with one attached hydrogen (secondary N) is 1. The van der Waals surface area contributed by atoms with Gasteiger partial charge in [0.2, 0.25) is 0 Å². The van der Waals surface area contributed by atoms with E-state index in [2.05, 4.69) is 10.2 Å². The summed E-state index contributed by atoms with van der Waals surface area (Å²) in [5.74, 6) is 0. The lowest BCUT2D eigenvalue weighted by molar-refractivity contribution is 0.154. The fourth-order valence-electron chi connectivity index (χ4n) is 0.922. The van der Waals surface area contributed by atoms with E-state index in [-0.39, 0.29) is 11.8 Å². The lowest BCUT2D eigenvalue weighted by atomic mass is 10.2. The van der Waals surface area contributed by atoms with Gasteiger partial charge in [-0.05, 0) is 12.8 Å². The van der Waals surface area contributed by atoms with E-state index >= 15 is 0 Å². The third-order valence-electron chi connectivity index (χ3n) is 1.79. The summed E-state index contributed by atoms with van der Waals surface area (Å²) in [6.45, 7) is 2.42. The number of rotatable bonds is 4. The van der Waals surface area contributed by atoms with Gasteiger partial charge in [0.05, 0.1) is 6.10 Å². The van der Waals surface area contributed by atoms with Gasteiger partial charge < -0.3 is 5.11 Å². The summed E-state index contributed by atoms with van der Waals surface area (Å²) in [6.07, 6.45) is 2.42. The van der Waals surface area contributed by atoms with Crippen molar-refractivity contribution in [3.63, 3.8) is 0 Å². The van der Waals surface area contributed by atoms with E-state index < -0.39 is 0 Å². The molecule has 12 heavy (non-hydrogen) atoms. The van der Waals surface area contributed by atoms with Gasteiger partial charge in [-0.15, -0.1) is 0 Å². The number of hydrogen-bond acceptors (Lipinski definition) is 3. The molecule has 0 saturated heterocycles. The van der Waals surface area contributed by atoms with Gasteiger partial charge in [-0.2, -0.15) is 5.10 Å². The molecule has 0 spiro atoms. The van der Waals surface area contributed by atoms with Crippen LogP contribution in [0.4, 0.5) is 0 Å². The van der Waals surface area contributed by atoms with E-state index in [4.69, 9.17) is 0 Å². The van der Waals surface area contributed by atoms with Crippen molar-refractivity contribution in [2.75, 3.05) is 0 Å². The van der Waals surface area contributed by atoms with Crippen LogP contribution in [0.5, 0.6) is 0 Å². The predicted octanol–water partition coefficient (Wildman–Crippen LogP) is -0.268. The van der Waals surface area contributed by atoms with Crippen molar-refractivity contribution in [1.29, 1.82) is 0 Å². The Morgan fingerprint density at radius 3 is 3.08 bits per heavy atom. The molecule has 68 valence electrons. The highest BCUT2D eigenvalue weighted by Crippen LogP contribution is 1.97. The smallest absolute Gasteiger partial charge is 0.343 e. The number of hydrogen-bond donors (Lipinski definition) is 2. The largest absolute Gasteiger partial charge is 0.393 e. The van der Waals surface area contributed by atoms with Crippen molar-refractivity contribution in [3.8, 4) is 0 Å². The van der Waals surface area contributed by atoms with Crippen LogP contribution >= 0.6 is 0 Å². The van der Waals surface area contributed by atoms with E-state index in [0.29, 0.717) is 19.4 Å². The second kappa shape index (κ2) is 4.06. The Morgan fingerprint density at radius 1 is 1.83 bits per heavy atom. The number of H-pyrrole nitrogens is 1. The number of nitrogens with zero attached hydrogens (tertiary/aromatic N) is 2. The molecule has 0 aromatic carbocycles. The minimum Gasteiger partial charge on any atom is -0.393 e. The molecule has 1 heterocycles. The van der Waals surface area contributed by atoms with Gasteiger partial charge in [-0.25, -0.2) is 9.89 Å². The monoisotopic (exact) mass is 171 g/mol. The van der Waals surface area contributed by atoms with Crippen LogP contribution in [0.25, 0.3) is 0 Å². The minimum atomic E-state index is -0.327. The maximum atomic E-state index is 10.9. The van der Waals surface area contributed by atoms with E-state index in [9.17, 15) is 9.90 Å². The van der Waals surface area contributed by atoms with Gasteiger partial charge >= 0.3 is 5.69 Å². The number of aromatic amines is 1. The Morgan fingerprint density at radius 2 is 2.58 bits per heavy atom. The molecule has 5 heteroatoms. The van der Waals surface area contributed by atoms with Crippen LogP contribution in [-0.4, -0.2) is 26.0 Å². The topological polar surface area (TPSA) is 70.9 Å². The molecule has 1 aromatic heterocycles. The van der Waals surface area contributed by atoms with Crippen molar-refractivity contribution >= 4 is 0 Å². The highest BCUT2D eigenvalue weighted by atomic mass is 16.3. The molecule has 0 aliphatic heterocycles. The van der Waals surface area contributed by atoms with Crippen LogP contribution in [0.1, 0.15) is 19.8 Å². The highest BCUT2D eigenvalue weighted by molar-refractivity contribution is 4.64. The Kier molecular flexibility index (Phi) is 3.04. The predicted molar refractivity (Wildman–Crippen MR) is 43.8 cm³/mol. The summed E-state index contributed by atoms with van der Waals surface area (Å²) in [7, 11) is 0. The van der Waals surface area contributed by atoms with Crippen molar-refractivity contribution in [3.05, 3.63) is 16.8 Å². The van der Waals surface area contributed by atoms with Gasteiger partial charge in [-0.3, -0.25) is 4.57 Å². The quantitative estimate of drug-likeness (QED) is 0.655. The Labute approximate surface area is 70.0 Å². The van der Waals surface area contributed by atoms with Crippen LogP contribution in [0.15, 0.2) is 11.1 Å². The standard InChI is InChI=1S/C7H13N3O2/c1-2-6(11)3-4-10-5-8-9-7(10)12/h5-6,11H,2-4H2,1H3,(H,9,12). The number of aryl methyl sites for hydroxylation is 1. The summed E-state index contributed by atoms with van der Waals surface area (Å²) >= 11 is 0. The van der Waals surface area contributed by atoms with Gasteiger partial charge in [0.15, 0.2) is 0 Å². The molecule has 0 saturated carbocycles. The first kappa shape index (κ1) is 8.99. The number of aliphatic hydroxyl groups excluding tert-OH is 1. The molecule has 1 rings (SSSR count). The van der Waals surface area contributed by atoms with Crippen molar-refractivity contribution < 1.29 is 5.11 Å². The van der Waals surface area contributed by atoms with Gasteiger partial charge in [-0.1, -0.05) is 6.92 Å². The van der Waals surface area contributed by atoms with E-state index in [1.54, 1.807) is 0 Å². The van der Waals surface area contributed by atoms with Gasteiger partial charge in [0, 0.05) is 6.54 Å². The lowest BCUT2D eigenvalue weighted by Gasteiger charge is -2.05. The molecule has 0 radical (unpaired) electrons. The third kappa shape index (κ3) is 2.20. The third-order valence-corrected chi connectivity index (χ3v) is 1.79. The zero-order valence-electron chi connectivity index (χ0n) is 7.03. The first-order valence-electron chi connectivity index (χ1n) is 4.02. The molecule has 1 atom stereocenters. The summed E-state index contributed by atoms with van der Waals surface area (Å²) in [5.41, 5.74) is -0.224. The minimum absolute atomic E-state index is 0.224. The Balaban J connectivity index is 2.43. The summed E-state index contributed by atoms with van der Waals surface area (Å²) in [4.78, 5) is 10.9. The van der Waals surface area contributed by atoms with Crippen molar-refractivity contribution in [2.24, 2.45) is 0 Å². The molecular weight excluding hydrogens is 158 g/mol. The Hall–Kier alpha value is -1.10. The van der Waals surface area contributed by atoms with Crippen LogP contribution in [0.2, 0.25) is 0 Å². The Bertz CT molecular complexity index is 278. The fraction of sp³-hybridized carbons (Fsp3) is 0.714. The lowest BCUT2D eigenvalue weighted by Crippen LogP contribution is -2.19. The maximum absolute atomic E-state index is 10.9. The zero-order chi connectivity index (χ0) is 8.97. The molecular formula is C7H13N3O2. The van der Waals surface area contributed by atoms with Crippen molar-refractivity contribution in [1.82, 2.24) is 14.8 Å². The summed E-state index contributed by atoms with van der Waals surface area (Å²) in [5, 5.41) is 15.1. The highest BCUT2D eigenvalue weighted by Gasteiger charge is 2.02. The van der Waals surface area contributed by atoms with Gasteiger partial charge in [0.1, 0.15) is 6.33 Å². The molecule has 0 aliphatic rings. The molecule has 0 fully saturated rings. The summed E-state index contributed by atoms with van der Waals surface area (Å²) < 4.78 is 1.44. The average Bonchev–Trinajstić information content (AvgIpc) is 2.47. The molecule has 0 aliphatic carbocycles. The fourth-order valence-corrected chi connectivity index (χ4v) is 0.922. The molecule has 0 amide bonds. The number of aromatic nitrogens is 3. The number of aliphatic hydroxyl groups is 1. The molecule has 0 bridgehead atoms. The average molecular weight is 171 g/mol. The first-order valence-corrected chi connectivity index (χ1v) is 4.02. The van der Waals surface area contributed by atoms with Crippen LogP contribution in [0, 0.1) is 0 Å². The molecule has 1 aromatic rings. The SMILES string of the molecule is CCC(O)CCn1cn[nH]c1=O. The van der Waals surface area contributed by atoms with Crippen molar-refractivity contribution in [2.45, 2.75) is 32.4 Å². The first-order chi connectivity index (χ1) is 5.74. The van der Waals surface area contributed by atoms with E-state index in [1.807, 2.05) is 6.92 Å². The van der Waals surface area contributed by atoms with Gasteiger partial charge in [0.25, 0.3) is 0 Å². The van der Waals surface area contributed by atoms with Crippen LogP contribution < -0.4 is 5.69 Å². The molecule has 2 N–H and O–H groups in total. The zero-order valence-corrected chi connectivity index (χ0v) is 7.03. The second-order valence-corrected chi connectivity index (χ2v) is 2.71. The second-order valence-electron chi connectivity index (χ2n) is 2.71. The normalized spacial score (nSPS) is 13.2. The van der Waals surface area contributed by atoms with Crippen LogP contribution in [-0.2, 0) is 6.54 Å². The molecule has 1 unspecified atom stereocenters. The molecule has 5 nitrogen and oxygen atoms in total. The maximum Gasteiger partial charge on any atom is 0.343 e. The van der Waals surface area contributed by atoms with Crippen LogP contribution in [0.3, 0.4) is 0 Å². The van der Waals surface area contributed by atoms with E-state index in [1.165, 1.54) is 10.9 Å².